The topological polar surface area (TPSA) is 105 Å². The van der Waals surface area contributed by atoms with Gasteiger partial charge in [0, 0.05) is 31.9 Å². The molecule has 0 aromatic heterocycles. The Kier molecular flexibility index (Phi) is 8.58. The molecule has 2 rings (SSSR count). The molecule has 0 aliphatic heterocycles. The number of sulfonamides is 1. The lowest BCUT2D eigenvalue weighted by Crippen LogP contribution is -2.25. The van der Waals surface area contributed by atoms with Gasteiger partial charge >= 0.3 is 0 Å². The average Bonchev–Trinajstić information content (AvgIpc) is 2.72. The monoisotopic (exact) mass is 446 g/mol. The van der Waals surface area contributed by atoms with Gasteiger partial charge in [-0.15, -0.1) is 0 Å². The van der Waals surface area contributed by atoms with Crippen molar-refractivity contribution in [3.8, 4) is 0 Å². The molecule has 0 saturated heterocycles. The summed E-state index contributed by atoms with van der Waals surface area (Å²) in [6.45, 7) is 8.83. The summed E-state index contributed by atoms with van der Waals surface area (Å²) in [4.78, 5) is 12.8. The molecule has 0 heterocycles. The van der Waals surface area contributed by atoms with E-state index in [0.717, 1.165) is 18.1 Å². The minimum atomic E-state index is -3.82. The number of nitro groups is 1. The van der Waals surface area contributed by atoms with Crippen LogP contribution in [0.5, 0.6) is 0 Å². The molecule has 0 bridgehead atoms. The highest BCUT2D eigenvalue weighted by Crippen LogP contribution is 2.30. The van der Waals surface area contributed by atoms with Crippen molar-refractivity contribution in [3.05, 3.63) is 70.9 Å². The van der Waals surface area contributed by atoms with E-state index in [4.69, 9.17) is 0 Å². The summed E-state index contributed by atoms with van der Waals surface area (Å²) in [5, 5.41) is 14.6. The van der Waals surface area contributed by atoms with Crippen LogP contribution in [0, 0.1) is 16.0 Å². The number of nitro benzene ring substituents is 1. The first kappa shape index (κ1) is 24.4. The lowest BCUT2D eigenvalue weighted by atomic mass is 10.1. The van der Waals surface area contributed by atoms with Gasteiger partial charge in [0.25, 0.3) is 5.69 Å². The fourth-order valence-corrected chi connectivity index (χ4v) is 4.03. The second-order valence-corrected chi connectivity index (χ2v) is 9.56. The van der Waals surface area contributed by atoms with Crippen molar-refractivity contribution in [1.82, 2.24) is 9.62 Å². The summed E-state index contributed by atoms with van der Waals surface area (Å²) in [6, 6.07) is 11.3. The van der Waals surface area contributed by atoms with Crippen molar-refractivity contribution in [3.63, 3.8) is 0 Å². The van der Waals surface area contributed by atoms with Gasteiger partial charge in [-0.2, -0.15) is 0 Å². The third kappa shape index (κ3) is 7.37. The van der Waals surface area contributed by atoms with Crippen molar-refractivity contribution < 1.29 is 13.3 Å². The van der Waals surface area contributed by atoms with Gasteiger partial charge in [-0.05, 0) is 54.8 Å². The molecule has 9 heteroatoms. The molecule has 31 heavy (non-hydrogen) atoms. The second-order valence-electron chi connectivity index (χ2n) is 7.79. The Morgan fingerprint density at radius 3 is 2.45 bits per heavy atom. The number of hydrogen-bond acceptors (Lipinski definition) is 6. The quantitative estimate of drug-likeness (QED) is 0.280. The van der Waals surface area contributed by atoms with Crippen LogP contribution < -0.4 is 10.0 Å². The predicted octanol–water partition coefficient (Wildman–Crippen LogP) is 4.63. The molecule has 8 nitrogen and oxygen atoms in total. The van der Waals surface area contributed by atoms with Gasteiger partial charge in [0.05, 0.1) is 9.82 Å². The molecule has 0 radical (unpaired) electrons. The van der Waals surface area contributed by atoms with E-state index in [0.29, 0.717) is 31.1 Å². The van der Waals surface area contributed by atoms with E-state index in [-0.39, 0.29) is 16.3 Å². The molecule has 0 atom stereocenters. The Balaban J connectivity index is 2.17. The van der Waals surface area contributed by atoms with Gasteiger partial charge in [0.2, 0.25) is 10.0 Å². The normalized spacial score (nSPS) is 11.4. The maximum absolute atomic E-state index is 12.5. The maximum Gasteiger partial charge on any atom is 0.294 e. The highest BCUT2D eigenvalue weighted by atomic mass is 32.2. The van der Waals surface area contributed by atoms with E-state index in [1.807, 2.05) is 36.2 Å². The SMILES string of the molecule is C=CN(C)Cc1ccc(Nc2ccc(S(=O)(=O)NCCCC(C)C)cc2[N+](=O)[O-])cc1. The molecule has 0 spiro atoms. The number of anilines is 2. The molecule has 0 aliphatic rings. The fraction of sp³-hybridized carbons (Fsp3) is 0.364. The van der Waals surface area contributed by atoms with E-state index in [2.05, 4.69) is 30.5 Å². The standard InChI is InChI=1S/C22H30N4O4S/c1-5-25(4)16-18-8-10-19(11-9-18)24-21-13-12-20(15-22(21)26(27)28)31(29,30)23-14-6-7-17(2)3/h5,8-13,15,17,23-24H,1,6-7,14,16H2,2-4H3. The molecule has 2 aromatic rings. The molecule has 2 aromatic carbocycles. The summed E-state index contributed by atoms with van der Waals surface area (Å²) in [5.74, 6) is 0.480. The molecule has 0 fully saturated rings. The highest BCUT2D eigenvalue weighted by Gasteiger charge is 2.21. The van der Waals surface area contributed by atoms with Gasteiger partial charge in [-0.3, -0.25) is 10.1 Å². The molecule has 168 valence electrons. The van der Waals surface area contributed by atoms with Crippen LogP contribution in [0.15, 0.2) is 60.1 Å². The van der Waals surface area contributed by atoms with E-state index in [1.54, 1.807) is 6.20 Å². The molecule has 0 saturated carbocycles. The maximum atomic E-state index is 12.5. The van der Waals surface area contributed by atoms with Crippen LogP contribution in [0.3, 0.4) is 0 Å². The van der Waals surface area contributed by atoms with Crippen LogP contribution in [-0.4, -0.2) is 31.8 Å². The van der Waals surface area contributed by atoms with Crippen molar-refractivity contribution >= 4 is 27.1 Å². The Morgan fingerprint density at radius 1 is 1.19 bits per heavy atom. The van der Waals surface area contributed by atoms with Gasteiger partial charge in [-0.1, -0.05) is 32.6 Å². The zero-order valence-electron chi connectivity index (χ0n) is 18.2. The summed E-state index contributed by atoms with van der Waals surface area (Å²) < 4.78 is 27.5. The molecule has 0 aliphatic carbocycles. The largest absolute Gasteiger partial charge is 0.377 e. The third-order valence-electron chi connectivity index (χ3n) is 4.70. The predicted molar refractivity (Wildman–Crippen MR) is 124 cm³/mol. The van der Waals surface area contributed by atoms with Gasteiger partial charge in [-0.25, -0.2) is 13.1 Å². The van der Waals surface area contributed by atoms with Crippen LogP contribution in [0.4, 0.5) is 17.1 Å². The van der Waals surface area contributed by atoms with Crippen LogP contribution in [0.25, 0.3) is 0 Å². The number of benzene rings is 2. The van der Waals surface area contributed by atoms with Crippen molar-refractivity contribution in [2.24, 2.45) is 5.92 Å². The Bertz CT molecular complexity index is 1000. The number of rotatable bonds is 12. The van der Waals surface area contributed by atoms with Crippen LogP contribution >= 0.6 is 0 Å². The number of hydrogen-bond donors (Lipinski definition) is 2. The van der Waals surface area contributed by atoms with Crippen LogP contribution in [0.1, 0.15) is 32.3 Å². The highest BCUT2D eigenvalue weighted by molar-refractivity contribution is 7.89. The summed E-state index contributed by atoms with van der Waals surface area (Å²) in [6.07, 6.45) is 3.33. The van der Waals surface area contributed by atoms with E-state index in [1.165, 1.54) is 12.1 Å². The van der Waals surface area contributed by atoms with Crippen LogP contribution in [-0.2, 0) is 16.6 Å². The number of nitrogens with one attached hydrogen (secondary N) is 2. The Labute approximate surface area is 184 Å². The molecule has 0 unspecified atom stereocenters. The molecular formula is C22H30N4O4S. The third-order valence-corrected chi connectivity index (χ3v) is 6.16. The summed E-state index contributed by atoms with van der Waals surface area (Å²) >= 11 is 0. The zero-order chi connectivity index (χ0) is 23.0. The van der Waals surface area contributed by atoms with Gasteiger partial charge < -0.3 is 10.2 Å². The first-order valence-electron chi connectivity index (χ1n) is 10.1. The summed E-state index contributed by atoms with van der Waals surface area (Å²) in [7, 11) is -1.90. The smallest absolute Gasteiger partial charge is 0.294 e. The molecular weight excluding hydrogens is 416 g/mol. The fourth-order valence-electron chi connectivity index (χ4n) is 2.94. The van der Waals surface area contributed by atoms with Crippen molar-refractivity contribution in [1.29, 1.82) is 0 Å². The summed E-state index contributed by atoms with van der Waals surface area (Å²) in [5.41, 5.74) is 1.64. The Morgan fingerprint density at radius 2 is 1.87 bits per heavy atom. The van der Waals surface area contributed by atoms with Crippen molar-refractivity contribution in [2.45, 2.75) is 38.1 Å². The van der Waals surface area contributed by atoms with Gasteiger partial charge in [0.1, 0.15) is 5.69 Å². The van der Waals surface area contributed by atoms with Gasteiger partial charge in [0.15, 0.2) is 0 Å². The first-order chi connectivity index (χ1) is 14.6. The molecule has 2 N–H and O–H groups in total. The molecule has 0 amide bonds. The zero-order valence-corrected chi connectivity index (χ0v) is 19.0. The minimum Gasteiger partial charge on any atom is -0.377 e. The Hall–Kier alpha value is -2.91. The van der Waals surface area contributed by atoms with E-state index in [9.17, 15) is 18.5 Å². The van der Waals surface area contributed by atoms with Crippen molar-refractivity contribution in [2.75, 3.05) is 18.9 Å². The lowest BCUT2D eigenvalue weighted by molar-refractivity contribution is -0.384. The first-order valence-corrected chi connectivity index (χ1v) is 11.6. The number of nitrogens with zero attached hydrogens (tertiary/aromatic N) is 2. The van der Waals surface area contributed by atoms with Crippen LogP contribution in [0.2, 0.25) is 0 Å². The minimum absolute atomic E-state index is 0.128. The lowest BCUT2D eigenvalue weighted by Gasteiger charge is -2.14. The second kappa shape index (κ2) is 10.9. The van der Waals surface area contributed by atoms with E-state index < -0.39 is 14.9 Å². The average molecular weight is 447 g/mol. The van der Waals surface area contributed by atoms with E-state index >= 15 is 0 Å².